The highest BCUT2D eigenvalue weighted by atomic mass is 16.5. The summed E-state index contributed by atoms with van der Waals surface area (Å²) in [5.74, 6) is 0.345. The molecule has 0 bridgehead atoms. The van der Waals surface area contributed by atoms with Crippen molar-refractivity contribution in [3.05, 3.63) is 0 Å². The second-order valence-electron chi connectivity index (χ2n) is 2.44. The summed E-state index contributed by atoms with van der Waals surface area (Å²) in [6.45, 7) is 4.43. The van der Waals surface area contributed by atoms with E-state index in [0.717, 1.165) is 12.1 Å². The van der Waals surface area contributed by atoms with E-state index in [1.807, 2.05) is 6.92 Å². The molecule has 0 fully saturated rings. The van der Waals surface area contributed by atoms with Gasteiger partial charge in [0.2, 0.25) is 0 Å². The van der Waals surface area contributed by atoms with Gasteiger partial charge in [-0.05, 0) is 13.3 Å². The van der Waals surface area contributed by atoms with Crippen LogP contribution in [0.1, 0.15) is 20.3 Å². The lowest BCUT2D eigenvalue weighted by Crippen LogP contribution is -2.24. The Hall–Kier alpha value is -0.860. The first-order valence-electron chi connectivity index (χ1n) is 3.46. The number of aliphatic imine (C=N–C) groups is 1. The van der Waals surface area contributed by atoms with Crippen molar-refractivity contribution < 1.29 is 9.53 Å². The smallest absolute Gasteiger partial charge is 0.433 e. The van der Waals surface area contributed by atoms with Crippen LogP contribution in [-0.2, 0) is 4.74 Å². The lowest BCUT2D eigenvalue weighted by molar-refractivity contribution is 0.140. The van der Waals surface area contributed by atoms with E-state index in [1.165, 1.54) is 0 Å². The fourth-order valence-corrected chi connectivity index (χ4v) is 0.973. The van der Waals surface area contributed by atoms with Crippen molar-refractivity contribution in [3.8, 4) is 0 Å². The van der Waals surface area contributed by atoms with E-state index in [2.05, 4.69) is 11.9 Å². The molecule has 3 heteroatoms. The molecule has 56 valence electrons. The van der Waals surface area contributed by atoms with Gasteiger partial charge in [-0.3, -0.25) is 0 Å². The fourth-order valence-electron chi connectivity index (χ4n) is 0.973. The third kappa shape index (κ3) is 1.35. The fraction of sp³-hybridized carbons (Fsp3) is 0.714. The molecule has 0 saturated heterocycles. The van der Waals surface area contributed by atoms with Crippen molar-refractivity contribution >= 4 is 11.8 Å². The largest absolute Gasteiger partial charge is 0.447 e. The Labute approximate surface area is 60.1 Å². The van der Waals surface area contributed by atoms with E-state index < -0.39 is 6.09 Å². The number of rotatable bonds is 1. The third-order valence-corrected chi connectivity index (χ3v) is 1.76. The van der Waals surface area contributed by atoms with Gasteiger partial charge in [0.15, 0.2) is 0 Å². The summed E-state index contributed by atoms with van der Waals surface area (Å²) in [6, 6.07) is 0. The number of hydrogen-bond acceptors (Lipinski definition) is 2. The van der Waals surface area contributed by atoms with Gasteiger partial charge < -0.3 is 4.74 Å². The number of ether oxygens (including phenoxy) is 1. The predicted octanol–water partition coefficient (Wildman–Crippen LogP) is 1.62. The summed E-state index contributed by atoms with van der Waals surface area (Å²) in [5.41, 5.74) is 0.902. The maximum absolute atomic E-state index is 10.5. The highest BCUT2D eigenvalue weighted by molar-refractivity contribution is 5.94. The molecule has 0 saturated carbocycles. The number of amides is 1. The molecule has 1 heterocycles. The van der Waals surface area contributed by atoms with Crippen LogP contribution in [0.25, 0.3) is 0 Å². The number of hydrogen-bond donors (Lipinski definition) is 0. The number of nitrogens with zero attached hydrogens (tertiary/aromatic N) is 1. The van der Waals surface area contributed by atoms with Crippen molar-refractivity contribution in [2.24, 2.45) is 10.9 Å². The molecule has 10 heavy (non-hydrogen) atoms. The van der Waals surface area contributed by atoms with Crippen LogP contribution in [0.3, 0.4) is 0 Å². The van der Waals surface area contributed by atoms with Crippen molar-refractivity contribution in [2.45, 2.75) is 20.3 Å². The highest BCUT2D eigenvalue weighted by Gasteiger charge is 2.18. The van der Waals surface area contributed by atoms with Crippen molar-refractivity contribution in [2.75, 3.05) is 6.61 Å². The average Bonchev–Trinajstić information content (AvgIpc) is 1.88. The Morgan fingerprint density at radius 2 is 2.50 bits per heavy atom. The van der Waals surface area contributed by atoms with E-state index in [0.29, 0.717) is 12.5 Å². The van der Waals surface area contributed by atoms with Crippen molar-refractivity contribution in [1.29, 1.82) is 0 Å². The summed E-state index contributed by atoms with van der Waals surface area (Å²) >= 11 is 0. The van der Waals surface area contributed by atoms with Crippen LogP contribution in [0.5, 0.6) is 0 Å². The Bertz CT molecular complexity index is 174. The molecular weight excluding hydrogens is 130 g/mol. The van der Waals surface area contributed by atoms with Gasteiger partial charge >= 0.3 is 6.09 Å². The monoisotopic (exact) mass is 141 g/mol. The molecule has 0 radical (unpaired) electrons. The van der Waals surface area contributed by atoms with Crippen LogP contribution in [0.15, 0.2) is 4.99 Å². The zero-order valence-corrected chi connectivity index (χ0v) is 6.26. The summed E-state index contributed by atoms with van der Waals surface area (Å²) < 4.78 is 4.73. The van der Waals surface area contributed by atoms with Gasteiger partial charge in [0.1, 0.15) is 6.61 Å². The average molecular weight is 141 g/mol. The van der Waals surface area contributed by atoms with Gasteiger partial charge in [-0.2, -0.15) is 4.99 Å². The van der Waals surface area contributed by atoms with Crippen LogP contribution in [-0.4, -0.2) is 18.4 Å². The molecule has 0 aromatic rings. The van der Waals surface area contributed by atoms with Crippen LogP contribution in [0, 0.1) is 5.92 Å². The van der Waals surface area contributed by atoms with Crippen molar-refractivity contribution in [1.82, 2.24) is 0 Å². The van der Waals surface area contributed by atoms with E-state index in [4.69, 9.17) is 4.74 Å². The number of cyclic esters (lactones) is 1. The second kappa shape index (κ2) is 2.82. The number of carbonyl (C=O) groups excluding carboxylic acids is 1. The second-order valence-corrected chi connectivity index (χ2v) is 2.44. The van der Waals surface area contributed by atoms with Crippen LogP contribution in [0.4, 0.5) is 4.79 Å². The molecule has 0 aromatic heterocycles. The molecule has 3 nitrogen and oxygen atoms in total. The molecule has 1 aliphatic rings. The summed E-state index contributed by atoms with van der Waals surface area (Å²) in [7, 11) is 0. The zero-order chi connectivity index (χ0) is 7.56. The molecule has 0 aliphatic carbocycles. The predicted molar refractivity (Wildman–Crippen MR) is 38.2 cm³/mol. The Balaban J connectivity index is 2.67. The standard InChI is InChI=1S/C7H11NO2/c1-3-6-4-10-7(9)8-5(6)2/h6H,3-4H2,1-2H3. The molecule has 0 spiro atoms. The van der Waals surface area contributed by atoms with E-state index in [-0.39, 0.29) is 0 Å². The molecule has 1 unspecified atom stereocenters. The Morgan fingerprint density at radius 1 is 1.80 bits per heavy atom. The first kappa shape index (κ1) is 7.25. The molecule has 1 rings (SSSR count). The maximum Gasteiger partial charge on any atom is 0.433 e. The quantitative estimate of drug-likeness (QED) is 0.556. The van der Waals surface area contributed by atoms with Gasteiger partial charge in [0.25, 0.3) is 0 Å². The number of carbonyl (C=O) groups is 1. The van der Waals surface area contributed by atoms with Gasteiger partial charge in [0.05, 0.1) is 0 Å². The molecular formula is C7H11NO2. The van der Waals surface area contributed by atoms with Crippen LogP contribution < -0.4 is 0 Å². The van der Waals surface area contributed by atoms with E-state index in [1.54, 1.807) is 0 Å². The van der Waals surface area contributed by atoms with E-state index >= 15 is 0 Å². The minimum atomic E-state index is -0.442. The molecule has 0 N–H and O–H groups in total. The first-order valence-corrected chi connectivity index (χ1v) is 3.46. The Morgan fingerprint density at radius 3 is 3.00 bits per heavy atom. The minimum Gasteiger partial charge on any atom is -0.447 e. The minimum absolute atomic E-state index is 0.345. The lowest BCUT2D eigenvalue weighted by atomic mass is 10.0. The van der Waals surface area contributed by atoms with Crippen LogP contribution >= 0.6 is 0 Å². The maximum atomic E-state index is 10.5. The SMILES string of the molecule is CCC1COC(=O)N=C1C. The third-order valence-electron chi connectivity index (χ3n) is 1.76. The van der Waals surface area contributed by atoms with Gasteiger partial charge in [0, 0.05) is 11.6 Å². The topological polar surface area (TPSA) is 38.7 Å². The summed E-state index contributed by atoms with van der Waals surface area (Å²) in [6.07, 6.45) is 0.546. The molecule has 0 aromatic carbocycles. The van der Waals surface area contributed by atoms with Gasteiger partial charge in [-0.15, -0.1) is 0 Å². The zero-order valence-electron chi connectivity index (χ0n) is 6.26. The summed E-state index contributed by atoms with van der Waals surface area (Å²) in [5, 5.41) is 0. The molecule has 1 aliphatic heterocycles. The van der Waals surface area contributed by atoms with E-state index in [9.17, 15) is 4.79 Å². The first-order chi connectivity index (χ1) is 4.74. The lowest BCUT2D eigenvalue weighted by Gasteiger charge is -2.17. The molecule has 1 amide bonds. The van der Waals surface area contributed by atoms with Gasteiger partial charge in [-0.1, -0.05) is 6.92 Å². The summed E-state index contributed by atoms with van der Waals surface area (Å²) in [4.78, 5) is 14.2. The van der Waals surface area contributed by atoms with Crippen molar-refractivity contribution in [3.63, 3.8) is 0 Å². The van der Waals surface area contributed by atoms with Crippen LogP contribution in [0.2, 0.25) is 0 Å². The Kier molecular flexibility index (Phi) is 2.04. The normalized spacial score (nSPS) is 25.6. The highest BCUT2D eigenvalue weighted by Crippen LogP contribution is 2.11. The molecule has 1 atom stereocenters. The van der Waals surface area contributed by atoms with Gasteiger partial charge in [-0.25, -0.2) is 4.79 Å².